The van der Waals surface area contributed by atoms with Gasteiger partial charge >= 0.3 is 0 Å². The Kier molecular flexibility index (Phi) is 6.57. The van der Waals surface area contributed by atoms with Crippen LogP contribution < -0.4 is 14.2 Å². The van der Waals surface area contributed by atoms with Crippen molar-refractivity contribution in [1.29, 1.82) is 0 Å². The van der Waals surface area contributed by atoms with Crippen LogP contribution in [0.3, 0.4) is 0 Å². The number of aliphatic hydroxyl groups excluding tert-OH is 1. The number of carbonyl (C=O) groups is 1. The molecular formula is C27H26O5. The van der Waals surface area contributed by atoms with Crippen LogP contribution in [0.2, 0.25) is 0 Å². The third-order valence-electron chi connectivity index (χ3n) is 5.59. The van der Waals surface area contributed by atoms with E-state index < -0.39 is 6.10 Å². The van der Waals surface area contributed by atoms with E-state index in [2.05, 4.69) is 0 Å². The predicted molar refractivity (Wildman–Crippen MR) is 124 cm³/mol. The summed E-state index contributed by atoms with van der Waals surface area (Å²) in [5.41, 5.74) is 4.14. The second-order valence-electron chi connectivity index (χ2n) is 7.67. The van der Waals surface area contributed by atoms with Gasteiger partial charge in [-0.2, -0.15) is 0 Å². The molecule has 3 aromatic rings. The van der Waals surface area contributed by atoms with Crippen LogP contribution in [-0.4, -0.2) is 31.7 Å². The van der Waals surface area contributed by atoms with E-state index in [9.17, 15) is 9.90 Å². The normalized spacial score (nSPS) is 14.8. The van der Waals surface area contributed by atoms with Crippen molar-refractivity contribution in [2.24, 2.45) is 0 Å². The van der Waals surface area contributed by atoms with Crippen molar-refractivity contribution in [3.05, 3.63) is 94.6 Å². The van der Waals surface area contributed by atoms with Crippen LogP contribution >= 0.6 is 0 Å². The van der Waals surface area contributed by atoms with Crippen molar-refractivity contribution in [2.45, 2.75) is 18.9 Å². The molecule has 0 amide bonds. The minimum Gasteiger partial charge on any atom is -0.493 e. The molecule has 0 spiro atoms. The summed E-state index contributed by atoms with van der Waals surface area (Å²) >= 11 is 0. The van der Waals surface area contributed by atoms with Crippen LogP contribution in [0.4, 0.5) is 0 Å². The number of methoxy groups -OCH3 is 2. The molecule has 0 saturated heterocycles. The molecule has 0 radical (unpaired) electrons. The first-order valence-electron chi connectivity index (χ1n) is 10.5. The third kappa shape index (κ3) is 4.68. The van der Waals surface area contributed by atoms with E-state index in [1.807, 2.05) is 66.7 Å². The Bertz CT molecular complexity index is 1120. The molecule has 0 unspecified atom stereocenters. The lowest BCUT2D eigenvalue weighted by Crippen LogP contribution is -2.05. The van der Waals surface area contributed by atoms with E-state index in [-0.39, 0.29) is 5.78 Å². The predicted octanol–water partition coefficient (Wildman–Crippen LogP) is 5.03. The van der Waals surface area contributed by atoms with E-state index in [0.29, 0.717) is 36.5 Å². The standard InChI is InChI=1S/C27H26O5/c1-30-25-16-20-15-21(27(29)23(20)17-26(25)31-2)14-18-8-10-22(11-9-18)32-13-12-24(28)19-6-4-3-5-7-19/h3-11,14,16-17,24,28H,12-13,15H2,1-2H3/t24-/m1/s1. The molecule has 32 heavy (non-hydrogen) atoms. The van der Waals surface area contributed by atoms with Gasteiger partial charge in [0, 0.05) is 24.0 Å². The van der Waals surface area contributed by atoms with Crippen LogP contribution in [-0.2, 0) is 6.42 Å². The minimum atomic E-state index is -0.549. The number of hydrogen-bond donors (Lipinski definition) is 1. The summed E-state index contributed by atoms with van der Waals surface area (Å²) in [7, 11) is 3.15. The van der Waals surface area contributed by atoms with Gasteiger partial charge in [-0.1, -0.05) is 42.5 Å². The molecule has 0 fully saturated rings. The maximum Gasteiger partial charge on any atom is 0.189 e. The molecular weight excluding hydrogens is 404 g/mol. The van der Waals surface area contributed by atoms with Gasteiger partial charge in [-0.15, -0.1) is 0 Å². The largest absolute Gasteiger partial charge is 0.493 e. The lowest BCUT2D eigenvalue weighted by Gasteiger charge is -2.12. The Hall–Kier alpha value is -3.57. The highest BCUT2D eigenvalue weighted by Gasteiger charge is 2.27. The monoisotopic (exact) mass is 430 g/mol. The summed E-state index contributed by atoms with van der Waals surface area (Å²) in [5.74, 6) is 1.91. The van der Waals surface area contributed by atoms with Crippen LogP contribution in [0.5, 0.6) is 17.2 Å². The Labute approximate surface area is 187 Å². The number of benzene rings is 3. The first kappa shape index (κ1) is 21.7. The highest BCUT2D eigenvalue weighted by atomic mass is 16.5. The Morgan fingerprint density at radius 1 is 0.969 bits per heavy atom. The summed E-state index contributed by atoms with van der Waals surface area (Å²) < 4.78 is 16.4. The van der Waals surface area contributed by atoms with Crippen molar-refractivity contribution in [2.75, 3.05) is 20.8 Å². The minimum absolute atomic E-state index is 0.0104. The average molecular weight is 431 g/mol. The van der Waals surface area contributed by atoms with Gasteiger partial charge in [-0.25, -0.2) is 0 Å². The van der Waals surface area contributed by atoms with Crippen LogP contribution in [0.1, 0.15) is 39.6 Å². The summed E-state index contributed by atoms with van der Waals surface area (Å²) in [6.45, 7) is 0.411. The SMILES string of the molecule is COc1cc2c(cc1OC)C(=O)C(=Cc1ccc(OCC[C@@H](O)c3ccccc3)cc1)C2. The smallest absolute Gasteiger partial charge is 0.189 e. The average Bonchev–Trinajstić information content (AvgIpc) is 3.13. The first-order chi connectivity index (χ1) is 15.6. The zero-order chi connectivity index (χ0) is 22.5. The quantitative estimate of drug-likeness (QED) is 0.508. The molecule has 4 rings (SSSR count). The van der Waals surface area contributed by atoms with Crippen LogP contribution in [0, 0.1) is 0 Å². The van der Waals surface area contributed by atoms with E-state index in [4.69, 9.17) is 14.2 Å². The van der Waals surface area contributed by atoms with Crippen molar-refractivity contribution < 1.29 is 24.1 Å². The second kappa shape index (κ2) is 9.71. The summed E-state index contributed by atoms with van der Waals surface area (Å²) in [6.07, 6.45) is 2.43. The highest BCUT2D eigenvalue weighted by molar-refractivity contribution is 6.15. The Morgan fingerprint density at radius 2 is 1.66 bits per heavy atom. The van der Waals surface area contributed by atoms with Crippen LogP contribution in [0.15, 0.2) is 72.3 Å². The van der Waals surface area contributed by atoms with E-state index in [1.54, 1.807) is 20.3 Å². The van der Waals surface area contributed by atoms with E-state index >= 15 is 0 Å². The van der Waals surface area contributed by atoms with Crippen molar-refractivity contribution in [3.63, 3.8) is 0 Å². The van der Waals surface area contributed by atoms with Gasteiger partial charge in [-0.05, 0) is 47.0 Å². The van der Waals surface area contributed by atoms with E-state index in [1.165, 1.54) is 0 Å². The fourth-order valence-corrected chi connectivity index (χ4v) is 3.85. The highest BCUT2D eigenvalue weighted by Crippen LogP contribution is 2.37. The van der Waals surface area contributed by atoms with Gasteiger partial charge < -0.3 is 19.3 Å². The van der Waals surface area contributed by atoms with Gasteiger partial charge in [-0.3, -0.25) is 4.79 Å². The number of aliphatic hydroxyl groups is 1. The number of allylic oxidation sites excluding steroid dienone is 1. The number of fused-ring (bicyclic) bond motifs is 1. The van der Waals surface area contributed by atoms with Crippen molar-refractivity contribution in [1.82, 2.24) is 0 Å². The molecule has 1 aliphatic rings. The zero-order valence-corrected chi connectivity index (χ0v) is 18.2. The Balaban J connectivity index is 1.38. The summed E-state index contributed by atoms with van der Waals surface area (Å²) in [5, 5.41) is 10.2. The number of rotatable bonds is 8. The molecule has 0 saturated carbocycles. The number of Topliss-reactive ketones (excluding diaryl/α,β-unsaturated/α-hetero) is 1. The summed E-state index contributed by atoms with van der Waals surface area (Å²) in [4.78, 5) is 12.8. The van der Waals surface area contributed by atoms with E-state index in [0.717, 1.165) is 28.0 Å². The molecule has 1 aliphatic carbocycles. The second-order valence-corrected chi connectivity index (χ2v) is 7.67. The fourth-order valence-electron chi connectivity index (χ4n) is 3.85. The lowest BCUT2D eigenvalue weighted by molar-refractivity contribution is 0.104. The number of ketones is 1. The van der Waals surface area contributed by atoms with Gasteiger partial charge in [0.2, 0.25) is 0 Å². The van der Waals surface area contributed by atoms with Gasteiger partial charge in [0.1, 0.15) is 5.75 Å². The van der Waals surface area contributed by atoms with Gasteiger partial charge in [0.15, 0.2) is 17.3 Å². The molecule has 3 aromatic carbocycles. The maximum atomic E-state index is 12.8. The molecule has 1 N–H and O–H groups in total. The third-order valence-corrected chi connectivity index (χ3v) is 5.59. The maximum absolute atomic E-state index is 12.8. The molecule has 164 valence electrons. The van der Waals surface area contributed by atoms with Crippen molar-refractivity contribution >= 4 is 11.9 Å². The molecule has 0 aromatic heterocycles. The molecule has 0 bridgehead atoms. The number of hydrogen-bond acceptors (Lipinski definition) is 5. The zero-order valence-electron chi connectivity index (χ0n) is 18.2. The summed E-state index contributed by atoms with van der Waals surface area (Å²) in [6, 6.07) is 20.8. The fraction of sp³-hybridized carbons (Fsp3) is 0.222. The Morgan fingerprint density at radius 3 is 2.34 bits per heavy atom. The number of ether oxygens (including phenoxy) is 3. The first-order valence-corrected chi connectivity index (χ1v) is 10.5. The van der Waals surface area contributed by atoms with Crippen molar-refractivity contribution in [3.8, 4) is 17.2 Å². The number of carbonyl (C=O) groups excluding carboxylic acids is 1. The topological polar surface area (TPSA) is 65.0 Å². The lowest BCUT2D eigenvalue weighted by atomic mass is 10.1. The molecule has 5 nitrogen and oxygen atoms in total. The van der Waals surface area contributed by atoms with Gasteiger partial charge in [0.05, 0.1) is 26.9 Å². The molecule has 0 heterocycles. The molecule has 0 aliphatic heterocycles. The molecule has 5 heteroatoms. The molecule has 1 atom stereocenters. The van der Waals surface area contributed by atoms with Crippen LogP contribution in [0.25, 0.3) is 6.08 Å². The van der Waals surface area contributed by atoms with Gasteiger partial charge in [0.25, 0.3) is 0 Å².